The summed E-state index contributed by atoms with van der Waals surface area (Å²) < 4.78 is 27.3. The molecule has 0 aromatic heterocycles. The van der Waals surface area contributed by atoms with Gasteiger partial charge in [0.15, 0.2) is 0 Å². The Bertz CT molecular complexity index is 852. The Balaban J connectivity index is 1.61. The van der Waals surface area contributed by atoms with Crippen LogP contribution in [-0.2, 0) is 14.8 Å². The molecule has 2 fully saturated rings. The molecule has 0 N–H and O–H groups in total. The van der Waals surface area contributed by atoms with Gasteiger partial charge in [0, 0.05) is 44.3 Å². The second kappa shape index (κ2) is 9.23. The van der Waals surface area contributed by atoms with Gasteiger partial charge in [-0.2, -0.15) is 9.57 Å². The molecule has 3 rings (SSSR count). The van der Waals surface area contributed by atoms with E-state index in [1.165, 1.54) is 35.3 Å². The number of amides is 1. The van der Waals surface area contributed by atoms with Crippen molar-refractivity contribution < 1.29 is 13.2 Å². The summed E-state index contributed by atoms with van der Waals surface area (Å²) in [6.07, 6.45) is 4.46. The van der Waals surface area contributed by atoms with Crippen molar-refractivity contribution in [3.8, 4) is 6.07 Å². The monoisotopic (exact) mass is 424 g/mol. The molecule has 2 aliphatic heterocycles. The highest BCUT2D eigenvalue weighted by molar-refractivity contribution is 7.89. The van der Waals surface area contributed by atoms with Crippen LogP contribution in [-0.4, -0.2) is 74.2 Å². The van der Waals surface area contributed by atoms with Gasteiger partial charge in [-0.15, -0.1) is 0 Å². The van der Waals surface area contributed by atoms with E-state index >= 15 is 0 Å². The number of piperazine rings is 1. The SMILES string of the molecule is N#Cc1ccc(Cl)cc1S(=O)(=O)N1CCN(CC(=O)N2CCCCCC2)CC1. The number of likely N-dealkylation sites (tertiary alicyclic amines) is 1. The number of benzene rings is 1. The topological polar surface area (TPSA) is 84.7 Å². The van der Waals surface area contributed by atoms with Gasteiger partial charge in [-0.25, -0.2) is 8.42 Å². The van der Waals surface area contributed by atoms with Crippen molar-refractivity contribution in [3.63, 3.8) is 0 Å². The van der Waals surface area contributed by atoms with E-state index in [9.17, 15) is 18.5 Å². The van der Waals surface area contributed by atoms with Crippen LogP contribution in [0.4, 0.5) is 0 Å². The van der Waals surface area contributed by atoms with Crippen molar-refractivity contribution in [1.29, 1.82) is 5.26 Å². The van der Waals surface area contributed by atoms with Crippen LogP contribution in [0, 0.1) is 11.3 Å². The summed E-state index contributed by atoms with van der Waals surface area (Å²) in [4.78, 5) is 16.4. The highest BCUT2D eigenvalue weighted by Crippen LogP contribution is 2.24. The molecule has 0 bridgehead atoms. The van der Waals surface area contributed by atoms with E-state index in [-0.39, 0.29) is 34.5 Å². The first-order valence-electron chi connectivity index (χ1n) is 9.62. The summed E-state index contributed by atoms with van der Waals surface area (Å²) >= 11 is 5.94. The van der Waals surface area contributed by atoms with Crippen LogP contribution in [0.5, 0.6) is 0 Å². The Morgan fingerprint density at radius 3 is 2.29 bits per heavy atom. The standard InChI is InChI=1S/C19H25ClN4O3S/c20-17-6-5-16(14-21)18(13-17)28(26,27)24-11-9-22(10-12-24)15-19(25)23-7-3-1-2-4-8-23/h5-6,13H,1-4,7-12,15H2. The zero-order valence-corrected chi connectivity index (χ0v) is 17.4. The van der Waals surface area contributed by atoms with E-state index < -0.39 is 10.0 Å². The highest BCUT2D eigenvalue weighted by atomic mass is 35.5. The first kappa shape index (κ1) is 21.1. The number of carbonyl (C=O) groups is 1. The minimum Gasteiger partial charge on any atom is -0.342 e. The number of carbonyl (C=O) groups excluding carboxylic acids is 1. The van der Waals surface area contributed by atoms with E-state index in [0.29, 0.717) is 19.6 Å². The molecular weight excluding hydrogens is 400 g/mol. The second-order valence-electron chi connectivity index (χ2n) is 7.23. The van der Waals surface area contributed by atoms with Crippen molar-refractivity contribution in [2.45, 2.75) is 30.6 Å². The van der Waals surface area contributed by atoms with Crippen molar-refractivity contribution in [2.75, 3.05) is 45.8 Å². The molecule has 0 atom stereocenters. The summed E-state index contributed by atoms with van der Waals surface area (Å²) in [6, 6.07) is 6.17. The first-order chi connectivity index (χ1) is 13.4. The molecule has 0 unspecified atom stereocenters. The average Bonchev–Trinajstić information content (AvgIpc) is 2.98. The number of halogens is 1. The molecule has 9 heteroatoms. The lowest BCUT2D eigenvalue weighted by Crippen LogP contribution is -2.51. The molecule has 2 heterocycles. The normalized spacial score (nSPS) is 19.8. The van der Waals surface area contributed by atoms with Gasteiger partial charge in [-0.05, 0) is 31.0 Å². The van der Waals surface area contributed by atoms with Crippen molar-refractivity contribution >= 4 is 27.5 Å². The largest absolute Gasteiger partial charge is 0.342 e. The lowest BCUT2D eigenvalue weighted by molar-refractivity contribution is -0.132. The average molecular weight is 425 g/mol. The summed E-state index contributed by atoms with van der Waals surface area (Å²) in [6.45, 7) is 3.51. The maximum Gasteiger partial charge on any atom is 0.244 e. The number of nitrogens with zero attached hydrogens (tertiary/aromatic N) is 4. The minimum absolute atomic E-state index is 0.0587. The third-order valence-corrected chi connectivity index (χ3v) is 7.50. The van der Waals surface area contributed by atoms with Gasteiger partial charge in [0.1, 0.15) is 11.0 Å². The molecule has 28 heavy (non-hydrogen) atoms. The number of rotatable bonds is 4. The predicted molar refractivity (Wildman–Crippen MR) is 106 cm³/mol. The Labute approximate surface area is 171 Å². The van der Waals surface area contributed by atoms with Gasteiger partial charge in [0.25, 0.3) is 0 Å². The van der Waals surface area contributed by atoms with Crippen molar-refractivity contribution in [2.24, 2.45) is 0 Å². The maximum atomic E-state index is 13.0. The summed E-state index contributed by atoms with van der Waals surface area (Å²) in [7, 11) is -3.80. The molecule has 1 aromatic rings. The van der Waals surface area contributed by atoms with Crippen LogP contribution in [0.3, 0.4) is 0 Å². The molecule has 0 spiro atoms. The van der Waals surface area contributed by atoms with Gasteiger partial charge < -0.3 is 4.90 Å². The van der Waals surface area contributed by atoms with Crippen LogP contribution in [0.15, 0.2) is 23.1 Å². The van der Waals surface area contributed by atoms with Crippen molar-refractivity contribution in [1.82, 2.24) is 14.1 Å². The van der Waals surface area contributed by atoms with Crippen LogP contribution in [0.2, 0.25) is 5.02 Å². The fourth-order valence-corrected chi connectivity index (χ4v) is 5.51. The van der Waals surface area contributed by atoms with E-state index in [1.807, 2.05) is 15.9 Å². The minimum atomic E-state index is -3.80. The van der Waals surface area contributed by atoms with E-state index in [0.717, 1.165) is 25.9 Å². The Hall–Kier alpha value is -1.66. The van der Waals surface area contributed by atoms with Crippen LogP contribution >= 0.6 is 11.6 Å². The van der Waals surface area contributed by atoms with E-state index in [1.54, 1.807) is 0 Å². The summed E-state index contributed by atoms with van der Waals surface area (Å²) in [5.74, 6) is 0.125. The Morgan fingerprint density at radius 2 is 1.68 bits per heavy atom. The molecule has 0 aliphatic carbocycles. The first-order valence-corrected chi connectivity index (χ1v) is 11.4. The third kappa shape index (κ3) is 4.84. The molecule has 0 radical (unpaired) electrons. The quantitative estimate of drug-likeness (QED) is 0.737. The molecule has 0 saturated carbocycles. The van der Waals surface area contributed by atoms with Crippen LogP contribution in [0.25, 0.3) is 0 Å². The molecular formula is C19H25ClN4O3S. The fraction of sp³-hybridized carbons (Fsp3) is 0.579. The molecule has 2 aliphatic rings. The molecule has 1 aromatic carbocycles. The zero-order valence-electron chi connectivity index (χ0n) is 15.8. The van der Waals surface area contributed by atoms with Gasteiger partial charge in [0.2, 0.25) is 15.9 Å². The summed E-state index contributed by atoms with van der Waals surface area (Å²) in [5.41, 5.74) is 0.0863. The molecule has 152 valence electrons. The third-order valence-electron chi connectivity index (χ3n) is 5.33. The molecule has 7 nitrogen and oxygen atoms in total. The maximum absolute atomic E-state index is 13.0. The van der Waals surface area contributed by atoms with Gasteiger partial charge in [-0.1, -0.05) is 24.4 Å². The molecule has 2 saturated heterocycles. The number of hydrogen-bond donors (Lipinski definition) is 0. The Kier molecular flexibility index (Phi) is 6.94. The Morgan fingerprint density at radius 1 is 1.04 bits per heavy atom. The van der Waals surface area contributed by atoms with Gasteiger partial charge in [-0.3, -0.25) is 9.69 Å². The zero-order chi connectivity index (χ0) is 20.1. The second-order valence-corrected chi connectivity index (χ2v) is 9.57. The number of hydrogen-bond acceptors (Lipinski definition) is 5. The highest BCUT2D eigenvalue weighted by Gasteiger charge is 2.31. The number of sulfonamides is 1. The lowest BCUT2D eigenvalue weighted by Gasteiger charge is -2.34. The van der Waals surface area contributed by atoms with Gasteiger partial charge >= 0.3 is 0 Å². The van der Waals surface area contributed by atoms with Gasteiger partial charge in [0.05, 0.1) is 12.1 Å². The lowest BCUT2D eigenvalue weighted by atomic mass is 10.2. The number of nitriles is 1. The van der Waals surface area contributed by atoms with E-state index in [2.05, 4.69) is 0 Å². The van der Waals surface area contributed by atoms with Crippen LogP contribution < -0.4 is 0 Å². The smallest absolute Gasteiger partial charge is 0.244 e. The van der Waals surface area contributed by atoms with Crippen LogP contribution in [0.1, 0.15) is 31.2 Å². The summed E-state index contributed by atoms with van der Waals surface area (Å²) in [5, 5.41) is 9.51. The van der Waals surface area contributed by atoms with E-state index in [4.69, 9.17) is 11.6 Å². The van der Waals surface area contributed by atoms with Crippen molar-refractivity contribution in [3.05, 3.63) is 28.8 Å². The fourth-order valence-electron chi connectivity index (χ4n) is 3.68. The molecule has 1 amide bonds. The predicted octanol–water partition coefficient (Wildman–Crippen LogP) is 1.92.